The second-order valence-corrected chi connectivity index (χ2v) is 10.3. The number of non-ortho nitro benzene ring substituents is 1. The van der Waals surface area contributed by atoms with Crippen molar-refractivity contribution in [2.75, 3.05) is 24.2 Å². The summed E-state index contributed by atoms with van der Waals surface area (Å²) < 4.78 is 31.2. The van der Waals surface area contributed by atoms with Crippen molar-refractivity contribution in [2.45, 2.75) is 45.8 Å². The summed E-state index contributed by atoms with van der Waals surface area (Å²) in [7, 11) is -2.49. The third-order valence-corrected chi connectivity index (χ3v) is 6.80. The van der Waals surface area contributed by atoms with E-state index in [1.807, 2.05) is 13.8 Å². The summed E-state index contributed by atoms with van der Waals surface area (Å²) in [6, 6.07) is 10.9. The average Bonchev–Trinajstić information content (AvgIpc) is 2.84. The lowest BCUT2D eigenvalue weighted by Crippen LogP contribution is -2.52. The van der Waals surface area contributed by atoms with Crippen LogP contribution in [0.3, 0.4) is 0 Å². The molecule has 2 aromatic rings. The largest absolute Gasteiger partial charge is 0.497 e. The number of nitrogens with one attached hydrogen (secondary N) is 1. The number of nitro benzene ring substituents is 1. The molecule has 1 N–H and O–H groups in total. The van der Waals surface area contributed by atoms with Crippen LogP contribution in [0.2, 0.25) is 0 Å². The minimum absolute atomic E-state index is 0.0116. The number of hydrogen-bond acceptors (Lipinski definition) is 7. The van der Waals surface area contributed by atoms with Crippen LogP contribution in [0.1, 0.15) is 32.8 Å². The molecule has 2 aromatic carbocycles. The van der Waals surface area contributed by atoms with Crippen LogP contribution in [-0.2, 0) is 26.2 Å². The molecule has 0 aliphatic heterocycles. The highest BCUT2D eigenvalue weighted by atomic mass is 32.2. The van der Waals surface area contributed by atoms with Crippen LogP contribution in [0.15, 0.2) is 48.5 Å². The van der Waals surface area contributed by atoms with E-state index in [9.17, 15) is 28.1 Å². The van der Waals surface area contributed by atoms with Crippen LogP contribution in [0, 0.1) is 10.1 Å². The molecule has 2 rings (SSSR count). The number of nitro groups is 1. The Morgan fingerprint density at radius 3 is 2.39 bits per heavy atom. The Morgan fingerprint density at radius 1 is 1.14 bits per heavy atom. The summed E-state index contributed by atoms with van der Waals surface area (Å²) in [5.41, 5.74) is 0.327. The molecule has 0 saturated heterocycles. The van der Waals surface area contributed by atoms with Gasteiger partial charge in [-0.2, -0.15) is 0 Å². The second kappa shape index (κ2) is 12.3. The lowest BCUT2D eigenvalue weighted by molar-refractivity contribution is -0.384. The molecule has 0 unspecified atom stereocenters. The van der Waals surface area contributed by atoms with Gasteiger partial charge in [0.2, 0.25) is 21.8 Å². The second-order valence-electron chi connectivity index (χ2n) is 8.41. The maximum Gasteiger partial charge on any atom is 0.271 e. The molecule has 0 aromatic heterocycles. The van der Waals surface area contributed by atoms with Gasteiger partial charge < -0.3 is 15.0 Å². The van der Waals surface area contributed by atoms with Gasteiger partial charge in [0.25, 0.3) is 5.69 Å². The molecule has 0 aliphatic rings. The highest BCUT2D eigenvalue weighted by Gasteiger charge is 2.31. The highest BCUT2D eigenvalue weighted by Crippen LogP contribution is 2.24. The van der Waals surface area contributed by atoms with Crippen molar-refractivity contribution in [1.82, 2.24) is 10.2 Å². The summed E-state index contributed by atoms with van der Waals surface area (Å²) in [5, 5.41) is 14.0. The molecule has 0 aliphatic carbocycles. The first kappa shape index (κ1) is 28.6. The first-order valence-corrected chi connectivity index (χ1v) is 13.2. The van der Waals surface area contributed by atoms with Crippen LogP contribution >= 0.6 is 0 Å². The van der Waals surface area contributed by atoms with Crippen LogP contribution in [0.25, 0.3) is 0 Å². The van der Waals surface area contributed by atoms with Crippen molar-refractivity contribution in [1.29, 1.82) is 0 Å². The van der Waals surface area contributed by atoms with Gasteiger partial charge in [0, 0.05) is 24.7 Å². The summed E-state index contributed by atoms with van der Waals surface area (Å²) >= 11 is 0. The number of carbonyl (C=O) groups excluding carboxylic acids is 2. The molecule has 0 saturated carbocycles. The number of ether oxygens (including phenoxy) is 1. The van der Waals surface area contributed by atoms with E-state index in [1.165, 1.54) is 30.2 Å². The quantitative estimate of drug-likeness (QED) is 0.335. The minimum Gasteiger partial charge on any atom is -0.497 e. The lowest BCUT2D eigenvalue weighted by Gasteiger charge is -2.32. The molecular weight excluding hydrogens is 488 g/mol. The van der Waals surface area contributed by atoms with Gasteiger partial charge in [-0.05, 0) is 44.0 Å². The van der Waals surface area contributed by atoms with Crippen LogP contribution in [0.4, 0.5) is 11.4 Å². The average molecular weight is 521 g/mol. The zero-order valence-corrected chi connectivity index (χ0v) is 21.8. The van der Waals surface area contributed by atoms with Crippen LogP contribution < -0.4 is 14.4 Å². The number of amides is 2. The van der Waals surface area contributed by atoms with Gasteiger partial charge in [-0.15, -0.1) is 0 Å². The van der Waals surface area contributed by atoms with Gasteiger partial charge in [0.05, 0.1) is 24.0 Å². The fourth-order valence-electron chi connectivity index (χ4n) is 3.39. The van der Waals surface area contributed by atoms with Gasteiger partial charge in [0.15, 0.2) is 0 Å². The van der Waals surface area contributed by atoms with E-state index in [4.69, 9.17) is 4.74 Å². The smallest absolute Gasteiger partial charge is 0.271 e. The molecule has 0 fully saturated rings. The number of nitrogens with zero attached hydrogens (tertiary/aromatic N) is 3. The van der Waals surface area contributed by atoms with Crippen molar-refractivity contribution in [3.05, 3.63) is 64.2 Å². The van der Waals surface area contributed by atoms with E-state index in [-0.39, 0.29) is 29.9 Å². The first-order chi connectivity index (χ1) is 16.9. The third-order valence-electron chi connectivity index (χ3n) is 5.66. The fourth-order valence-corrected chi connectivity index (χ4v) is 4.23. The molecule has 2 amide bonds. The molecule has 2 atom stereocenters. The summed E-state index contributed by atoms with van der Waals surface area (Å²) in [4.78, 5) is 38.3. The van der Waals surface area contributed by atoms with Gasteiger partial charge in [-0.3, -0.25) is 24.0 Å². The Bertz CT molecular complexity index is 1200. The molecule has 0 spiro atoms. The van der Waals surface area contributed by atoms with E-state index in [1.54, 1.807) is 31.2 Å². The summed E-state index contributed by atoms with van der Waals surface area (Å²) in [5.74, 6) is -0.477. The monoisotopic (exact) mass is 520 g/mol. The van der Waals surface area contributed by atoms with E-state index < -0.39 is 33.4 Å². The molecule has 0 radical (unpaired) electrons. The van der Waals surface area contributed by atoms with E-state index in [0.717, 1.165) is 16.6 Å². The number of anilines is 1. The van der Waals surface area contributed by atoms with Crippen molar-refractivity contribution in [3.63, 3.8) is 0 Å². The van der Waals surface area contributed by atoms with Crippen molar-refractivity contribution in [3.8, 4) is 5.75 Å². The van der Waals surface area contributed by atoms with Crippen LogP contribution in [0.5, 0.6) is 5.75 Å². The Morgan fingerprint density at radius 2 is 1.81 bits per heavy atom. The molecule has 0 heterocycles. The maximum absolute atomic E-state index is 13.5. The van der Waals surface area contributed by atoms with Gasteiger partial charge in [0.1, 0.15) is 18.3 Å². The first-order valence-electron chi connectivity index (χ1n) is 11.3. The molecule has 196 valence electrons. The normalized spacial score (nSPS) is 12.8. The van der Waals surface area contributed by atoms with Crippen molar-refractivity contribution in [2.24, 2.45) is 0 Å². The summed E-state index contributed by atoms with van der Waals surface area (Å²) in [6.07, 6.45) is 1.60. The third kappa shape index (κ3) is 7.67. The Kier molecular flexibility index (Phi) is 9.79. The SMILES string of the molecule is CC[C@H](C)NC(=O)[C@H](C)N(Cc1cccc(OC)c1)C(=O)CN(c1cccc([N+](=O)[O-])c1)S(C)(=O)=O. The number of hydrogen-bond donors (Lipinski definition) is 1. The van der Waals surface area contributed by atoms with Gasteiger partial charge in [-0.1, -0.05) is 25.1 Å². The Balaban J connectivity index is 2.44. The van der Waals surface area contributed by atoms with Gasteiger partial charge in [-0.25, -0.2) is 8.42 Å². The van der Waals surface area contributed by atoms with E-state index in [2.05, 4.69) is 5.32 Å². The highest BCUT2D eigenvalue weighted by molar-refractivity contribution is 7.92. The number of rotatable bonds is 12. The van der Waals surface area contributed by atoms with Crippen molar-refractivity contribution < 1.29 is 27.7 Å². The molecular formula is C24H32N4O7S. The summed E-state index contributed by atoms with van der Waals surface area (Å²) in [6.45, 7) is 4.68. The van der Waals surface area contributed by atoms with Crippen molar-refractivity contribution >= 4 is 33.2 Å². The number of methoxy groups -OCH3 is 1. The molecule has 36 heavy (non-hydrogen) atoms. The lowest BCUT2D eigenvalue weighted by atomic mass is 10.1. The molecule has 11 nitrogen and oxygen atoms in total. The topological polar surface area (TPSA) is 139 Å². The molecule has 0 bridgehead atoms. The molecule has 12 heteroatoms. The van der Waals surface area contributed by atoms with Crippen LogP contribution in [-0.4, -0.2) is 62.0 Å². The van der Waals surface area contributed by atoms with E-state index >= 15 is 0 Å². The minimum atomic E-state index is -4.00. The Hall–Kier alpha value is -3.67. The standard InChI is InChI=1S/C24H32N4O7S/c1-6-17(2)25-24(30)18(3)26(15-19-9-7-12-22(13-19)35-4)23(29)16-27(36(5,33)34)20-10-8-11-21(14-20)28(31)32/h7-14,17-18H,6,15-16H2,1-5H3,(H,25,30)/t17-,18-/m0/s1. The predicted molar refractivity (Wildman–Crippen MR) is 136 cm³/mol. The predicted octanol–water partition coefficient (Wildman–Crippen LogP) is 2.70. The number of sulfonamides is 1. The number of carbonyl (C=O) groups is 2. The Labute approximate surface area is 211 Å². The zero-order valence-electron chi connectivity index (χ0n) is 21.0. The maximum atomic E-state index is 13.5. The number of benzene rings is 2. The van der Waals surface area contributed by atoms with E-state index in [0.29, 0.717) is 17.7 Å². The van der Waals surface area contributed by atoms with Gasteiger partial charge >= 0.3 is 0 Å². The fraction of sp³-hybridized carbons (Fsp3) is 0.417. The zero-order chi connectivity index (χ0) is 27.0.